The first kappa shape index (κ1) is 9.71. The number of aliphatic hydroxyl groups excluding tert-OH is 1. The number of hydrogen-bond acceptors (Lipinski definition) is 2. The van der Waals surface area contributed by atoms with Crippen LogP contribution in [0.15, 0.2) is 28.7 Å². The second-order valence-corrected chi connectivity index (χ2v) is 3.45. The zero-order valence-corrected chi connectivity index (χ0v) is 8.51. The Morgan fingerprint density at radius 3 is 2.75 bits per heavy atom. The van der Waals surface area contributed by atoms with Gasteiger partial charge in [-0.3, -0.25) is 0 Å². The Hall–Kier alpha value is -0.380. The molecule has 1 aromatic carbocycles. The quantitative estimate of drug-likeness (QED) is 0.828. The lowest BCUT2D eigenvalue weighted by atomic mass is 10.1. The van der Waals surface area contributed by atoms with Gasteiger partial charge in [-0.1, -0.05) is 34.1 Å². The normalized spacial score (nSPS) is 12.9. The van der Waals surface area contributed by atoms with Crippen LogP contribution in [0, 0.1) is 0 Å². The molecule has 1 aromatic rings. The predicted molar refractivity (Wildman–Crippen MR) is 53.0 cm³/mol. The fourth-order valence-corrected chi connectivity index (χ4v) is 1.60. The molecular formula is C9H12BrNO. The maximum atomic E-state index is 9.61. The summed E-state index contributed by atoms with van der Waals surface area (Å²) in [5, 5.41) is 12.5. The molecule has 3 heteroatoms. The molecule has 1 atom stereocenters. The van der Waals surface area contributed by atoms with Crippen LogP contribution < -0.4 is 5.32 Å². The van der Waals surface area contributed by atoms with Gasteiger partial charge < -0.3 is 10.4 Å². The molecule has 0 spiro atoms. The van der Waals surface area contributed by atoms with Crippen LogP contribution in [-0.4, -0.2) is 18.7 Å². The van der Waals surface area contributed by atoms with Crippen molar-refractivity contribution >= 4 is 15.9 Å². The number of rotatable bonds is 3. The second-order valence-electron chi connectivity index (χ2n) is 2.59. The predicted octanol–water partition coefficient (Wildman–Crippen LogP) is 1.70. The molecule has 0 heterocycles. The first-order valence-corrected chi connectivity index (χ1v) is 4.62. The smallest absolute Gasteiger partial charge is 0.0925 e. The van der Waals surface area contributed by atoms with E-state index in [2.05, 4.69) is 21.2 Å². The molecule has 0 fully saturated rings. The van der Waals surface area contributed by atoms with E-state index in [1.165, 1.54) is 0 Å². The Kier molecular flexibility index (Phi) is 3.72. The molecule has 0 aliphatic heterocycles. The highest BCUT2D eigenvalue weighted by Gasteiger charge is 2.08. The van der Waals surface area contributed by atoms with Gasteiger partial charge in [0.15, 0.2) is 0 Å². The zero-order valence-electron chi connectivity index (χ0n) is 6.92. The topological polar surface area (TPSA) is 32.3 Å². The molecule has 2 N–H and O–H groups in total. The number of halogens is 1. The Balaban J connectivity index is 2.79. The summed E-state index contributed by atoms with van der Waals surface area (Å²) < 4.78 is 0.952. The van der Waals surface area contributed by atoms with Crippen LogP contribution >= 0.6 is 15.9 Å². The van der Waals surface area contributed by atoms with Crippen LogP contribution in [0.25, 0.3) is 0 Å². The minimum atomic E-state index is -0.439. The number of hydrogen-bond donors (Lipinski definition) is 2. The lowest BCUT2D eigenvalue weighted by Crippen LogP contribution is -2.16. The van der Waals surface area contributed by atoms with Gasteiger partial charge >= 0.3 is 0 Å². The van der Waals surface area contributed by atoms with Gasteiger partial charge in [-0.15, -0.1) is 0 Å². The minimum absolute atomic E-state index is 0.439. The fourth-order valence-electron chi connectivity index (χ4n) is 1.05. The molecule has 0 aliphatic carbocycles. The Labute approximate surface area is 80.7 Å². The Morgan fingerprint density at radius 1 is 1.50 bits per heavy atom. The van der Waals surface area contributed by atoms with Gasteiger partial charge in [-0.2, -0.15) is 0 Å². The van der Waals surface area contributed by atoms with Gasteiger partial charge in [0.2, 0.25) is 0 Å². The van der Waals surface area contributed by atoms with Crippen molar-refractivity contribution in [2.75, 3.05) is 13.6 Å². The van der Waals surface area contributed by atoms with Gasteiger partial charge in [-0.25, -0.2) is 0 Å². The van der Waals surface area contributed by atoms with E-state index in [0.717, 1.165) is 10.0 Å². The highest BCUT2D eigenvalue weighted by Crippen LogP contribution is 2.22. The van der Waals surface area contributed by atoms with E-state index in [-0.39, 0.29) is 0 Å². The van der Waals surface area contributed by atoms with Crippen LogP contribution in [0.3, 0.4) is 0 Å². The SMILES string of the molecule is CNC[C@@H](O)c1ccccc1Br. The molecule has 0 saturated carbocycles. The number of benzene rings is 1. The molecule has 1 rings (SSSR count). The summed E-state index contributed by atoms with van der Waals surface area (Å²) in [6, 6.07) is 7.68. The number of aliphatic hydroxyl groups is 1. The van der Waals surface area contributed by atoms with Crippen LogP contribution in [0.5, 0.6) is 0 Å². The van der Waals surface area contributed by atoms with E-state index >= 15 is 0 Å². The summed E-state index contributed by atoms with van der Waals surface area (Å²) in [5.41, 5.74) is 0.923. The summed E-state index contributed by atoms with van der Waals surface area (Å²) in [5.74, 6) is 0. The lowest BCUT2D eigenvalue weighted by Gasteiger charge is -2.11. The third-order valence-corrected chi connectivity index (χ3v) is 2.38. The van der Waals surface area contributed by atoms with Crippen molar-refractivity contribution in [3.63, 3.8) is 0 Å². The molecular weight excluding hydrogens is 218 g/mol. The molecule has 0 aromatic heterocycles. The van der Waals surface area contributed by atoms with Gasteiger partial charge in [0.1, 0.15) is 0 Å². The Bertz CT molecular complexity index is 252. The van der Waals surface area contributed by atoms with Crippen molar-refractivity contribution in [2.45, 2.75) is 6.10 Å². The number of likely N-dealkylation sites (N-methyl/N-ethyl adjacent to an activating group) is 1. The molecule has 0 bridgehead atoms. The Morgan fingerprint density at radius 2 is 2.17 bits per heavy atom. The number of nitrogens with one attached hydrogen (secondary N) is 1. The molecule has 0 aliphatic rings. The van der Waals surface area contributed by atoms with Crippen molar-refractivity contribution in [1.82, 2.24) is 5.32 Å². The van der Waals surface area contributed by atoms with Crippen molar-refractivity contribution in [2.24, 2.45) is 0 Å². The average Bonchev–Trinajstić information content (AvgIpc) is 2.05. The van der Waals surface area contributed by atoms with Crippen LogP contribution in [0.2, 0.25) is 0 Å². The first-order valence-electron chi connectivity index (χ1n) is 3.83. The molecule has 0 radical (unpaired) electrons. The average molecular weight is 230 g/mol. The molecule has 2 nitrogen and oxygen atoms in total. The molecule has 0 unspecified atom stereocenters. The zero-order chi connectivity index (χ0) is 8.97. The highest BCUT2D eigenvalue weighted by atomic mass is 79.9. The van der Waals surface area contributed by atoms with E-state index in [9.17, 15) is 5.11 Å². The highest BCUT2D eigenvalue weighted by molar-refractivity contribution is 9.10. The lowest BCUT2D eigenvalue weighted by molar-refractivity contribution is 0.177. The third-order valence-electron chi connectivity index (χ3n) is 1.66. The van der Waals surface area contributed by atoms with E-state index < -0.39 is 6.10 Å². The van der Waals surface area contributed by atoms with Crippen molar-refractivity contribution in [3.05, 3.63) is 34.3 Å². The summed E-state index contributed by atoms with van der Waals surface area (Å²) in [6.07, 6.45) is -0.439. The van der Waals surface area contributed by atoms with Crippen molar-refractivity contribution < 1.29 is 5.11 Å². The maximum absolute atomic E-state index is 9.61. The molecule has 12 heavy (non-hydrogen) atoms. The summed E-state index contributed by atoms with van der Waals surface area (Å²) in [7, 11) is 1.82. The van der Waals surface area contributed by atoms with Crippen molar-refractivity contribution in [3.8, 4) is 0 Å². The van der Waals surface area contributed by atoms with E-state index in [0.29, 0.717) is 6.54 Å². The maximum Gasteiger partial charge on any atom is 0.0925 e. The van der Waals surface area contributed by atoms with Crippen LogP contribution in [-0.2, 0) is 0 Å². The standard InChI is InChI=1S/C9H12BrNO/c1-11-6-9(12)7-4-2-3-5-8(7)10/h2-5,9,11-12H,6H2,1H3/t9-/m1/s1. The van der Waals surface area contributed by atoms with Crippen LogP contribution in [0.4, 0.5) is 0 Å². The largest absolute Gasteiger partial charge is 0.387 e. The van der Waals surface area contributed by atoms with E-state index in [4.69, 9.17) is 0 Å². The van der Waals surface area contributed by atoms with Gasteiger partial charge in [0.05, 0.1) is 6.10 Å². The van der Waals surface area contributed by atoms with E-state index in [1.54, 1.807) is 0 Å². The van der Waals surface area contributed by atoms with Gasteiger partial charge in [-0.05, 0) is 18.7 Å². The van der Waals surface area contributed by atoms with Gasteiger partial charge in [0, 0.05) is 11.0 Å². The monoisotopic (exact) mass is 229 g/mol. The first-order chi connectivity index (χ1) is 5.75. The van der Waals surface area contributed by atoms with E-state index in [1.807, 2.05) is 31.3 Å². The summed E-state index contributed by atoms with van der Waals surface area (Å²) in [6.45, 7) is 0.572. The van der Waals surface area contributed by atoms with Gasteiger partial charge in [0.25, 0.3) is 0 Å². The van der Waals surface area contributed by atoms with Crippen molar-refractivity contribution in [1.29, 1.82) is 0 Å². The fraction of sp³-hybridized carbons (Fsp3) is 0.333. The third kappa shape index (κ3) is 2.30. The van der Waals surface area contributed by atoms with Crippen LogP contribution in [0.1, 0.15) is 11.7 Å². The summed E-state index contributed by atoms with van der Waals surface area (Å²) >= 11 is 3.38. The molecule has 66 valence electrons. The molecule has 0 saturated heterocycles. The second kappa shape index (κ2) is 4.60. The molecule has 0 amide bonds. The minimum Gasteiger partial charge on any atom is -0.387 e. The summed E-state index contributed by atoms with van der Waals surface area (Å²) in [4.78, 5) is 0.